The molecule has 0 aliphatic rings. The van der Waals surface area contributed by atoms with Gasteiger partial charge < -0.3 is 14.9 Å². The minimum Gasteiger partial charge on any atom is -0.493 e. The van der Waals surface area contributed by atoms with Crippen molar-refractivity contribution in [2.24, 2.45) is 5.84 Å². The van der Waals surface area contributed by atoms with Gasteiger partial charge in [0.25, 0.3) is 0 Å². The first-order chi connectivity index (χ1) is 9.53. The number of rotatable bonds is 4. The van der Waals surface area contributed by atoms with Crippen LogP contribution in [0.3, 0.4) is 0 Å². The molecule has 0 fully saturated rings. The van der Waals surface area contributed by atoms with E-state index in [1.165, 1.54) is 0 Å². The molecule has 1 heterocycles. The zero-order valence-electron chi connectivity index (χ0n) is 12.6. The van der Waals surface area contributed by atoms with Crippen molar-refractivity contribution in [3.8, 4) is 11.5 Å². The van der Waals surface area contributed by atoms with Crippen LogP contribution in [0.25, 0.3) is 10.9 Å². The number of aryl methyl sites for hydroxylation is 1. The number of hydrogen-bond donors (Lipinski definition) is 2. The second-order valence-corrected chi connectivity index (χ2v) is 5.01. The highest BCUT2D eigenvalue weighted by atomic mass is 16.5. The van der Waals surface area contributed by atoms with E-state index in [1.54, 1.807) is 14.2 Å². The molecule has 2 rings (SSSR count). The van der Waals surface area contributed by atoms with Crippen LogP contribution in [0, 0.1) is 6.92 Å². The number of hydrazine groups is 1. The summed E-state index contributed by atoms with van der Waals surface area (Å²) in [6.45, 7) is 6.24. The fourth-order valence-electron chi connectivity index (χ4n) is 2.59. The Labute approximate surface area is 119 Å². The van der Waals surface area contributed by atoms with Crippen molar-refractivity contribution in [2.75, 3.05) is 19.6 Å². The Morgan fingerprint density at radius 1 is 1.15 bits per heavy atom. The highest BCUT2D eigenvalue weighted by molar-refractivity contribution is 5.95. The zero-order valence-corrected chi connectivity index (χ0v) is 12.6. The summed E-state index contributed by atoms with van der Waals surface area (Å²) in [5.41, 5.74) is 6.62. The van der Waals surface area contributed by atoms with Crippen molar-refractivity contribution in [2.45, 2.75) is 26.7 Å². The Bertz CT molecular complexity index is 639. The van der Waals surface area contributed by atoms with Crippen LogP contribution in [-0.4, -0.2) is 19.2 Å². The molecule has 20 heavy (non-hydrogen) atoms. The van der Waals surface area contributed by atoms with Crippen LogP contribution < -0.4 is 20.7 Å². The van der Waals surface area contributed by atoms with Gasteiger partial charge in [-0.05, 0) is 18.9 Å². The molecule has 3 N–H and O–H groups in total. The smallest absolute Gasteiger partial charge is 0.162 e. The molecular weight excluding hydrogens is 254 g/mol. The number of nitrogens with one attached hydrogen (secondary N) is 1. The van der Waals surface area contributed by atoms with Gasteiger partial charge in [-0.1, -0.05) is 13.8 Å². The summed E-state index contributed by atoms with van der Waals surface area (Å²) in [4.78, 5) is 4.66. The topological polar surface area (TPSA) is 69.4 Å². The average molecular weight is 275 g/mol. The maximum absolute atomic E-state index is 5.74. The molecule has 5 nitrogen and oxygen atoms in total. The van der Waals surface area contributed by atoms with E-state index in [2.05, 4.69) is 24.3 Å². The molecule has 0 saturated heterocycles. The number of methoxy groups -OCH3 is 2. The van der Waals surface area contributed by atoms with Crippen LogP contribution in [0.5, 0.6) is 11.5 Å². The number of fused-ring (bicyclic) bond motifs is 1. The van der Waals surface area contributed by atoms with Crippen LogP contribution in [0.4, 0.5) is 5.69 Å². The normalized spacial score (nSPS) is 10.9. The molecule has 0 atom stereocenters. The molecule has 5 heteroatoms. The minimum absolute atomic E-state index is 0.325. The molecule has 1 aromatic carbocycles. The van der Waals surface area contributed by atoms with Crippen LogP contribution in [0.2, 0.25) is 0 Å². The minimum atomic E-state index is 0.325. The van der Waals surface area contributed by atoms with Crippen molar-refractivity contribution in [1.82, 2.24) is 4.98 Å². The number of pyridine rings is 1. The second kappa shape index (κ2) is 5.54. The summed E-state index contributed by atoms with van der Waals surface area (Å²) >= 11 is 0. The fraction of sp³-hybridized carbons (Fsp3) is 0.400. The van der Waals surface area contributed by atoms with Gasteiger partial charge in [0, 0.05) is 22.7 Å². The van der Waals surface area contributed by atoms with E-state index >= 15 is 0 Å². The Kier molecular flexibility index (Phi) is 3.99. The van der Waals surface area contributed by atoms with E-state index in [1.807, 2.05) is 19.1 Å². The van der Waals surface area contributed by atoms with E-state index in [4.69, 9.17) is 15.3 Å². The summed E-state index contributed by atoms with van der Waals surface area (Å²) < 4.78 is 10.7. The van der Waals surface area contributed by atoms with E-state index in [0.717, 1.165) is 27.8 Å². The van der Waals surface area contributed by atoms with Gasteiger partial charge in [-0.25, -0.2) is 0 Å². The highest BCUT2D eigenvalue weighted by Gasteiger charge is 2.17. The molecule has 0 spiro atoms. The van der Waals surface area contributed by atoms with Gasteiger partial charge in [0.05, 0.1) is 25.4 Å². The van der Waals surface area contributed by atoms with Gasteiger partial charge in [-0.3, -0.25) is 10.8 Å². The lowest BCUT2D eigenvalue weighted by Crippen LogP contribution is -2.12. The zero-order chi connectivity index (χ0) is 14.9. The summed E-state index contributed by atoms with van der Waals surface area (Å²) in [7, 11) is 3.23. The number of nitrogen functional groups attached to an aromatic ring is 1. The number of nitrogens with two attached hydrogens (primary N) is 1. The Hall–Kier alpha value is -2.01. The lowest BCUT2D eigenvalue weighted by molar-refractivity contribution is 0.356. The summed E-state index contributed by atoms with van der Waals surface area (Å²) in [5.74, 6) is 7.38. The number of nitrogens with zero attached hydrogens (tertiary/aromatic N) is 1. The van der Waals surface area contributed by atoms with Gasteiger partial charge in [0.1, 0.15) is 0 Å². The SMILES string of the molecule is COc1cc2nc(C)c(C(C)C)c(NN)c2cc1OC. The second-order valence-electron chi connectivity index (χ2n) is 5.01. The molecule has 2 aromatic rings. The van der Waals surface area contributed by atoms with Crippen molar-refractivity contribution in [3.63, 3.8) is 0 Å². The third-order valence-corrected chi connectivity index (χ3v) is 3.44. The summed E-state index contributed by atoms with van der Waals surface area (Å²) in [6.07, 6.45) is 0. The predicted molar refractivity (Wildman–Crippen MR) is 81.5 cm³/mol. The molecule has 0 unspecified atom stereocenters. The van der Waals surface area contributed by atoms with Gasteiger partial charge in [0.2, 0.25) is 0 Å². The maximum Gasteiger partial charge on any atom is 0.162 e. The largest absolute Gasteiger partial charge is 0.493 e. The van der Waals surface area contributed by atoms with E-state index in [9.17, 15) is 0 Å². The summed E-state index contributed by atoms with van der Waals surface area (Å²) in [5, 5.41) is 0.930. The number of aromatic nitrogens is 1. The monoisotopic (exact) mass is 275 g/mol. The first-order valence-corrected chi connectivity index (χ1v) is 6.56. The van der Waals surface area contributed by atoms with Crippen LogP contribution in [0.1, 0.15) is 31.0 Å². The molecule has 0 saturated carbocycles. The van der Waals surface area contributed by atoms with Crippen LogP contribution in [0.15, 0.2) is 12.1 Å². The number of benzene rings is 1. The standard InChI is InChI=1S/C15H21N3O2/c1-8(2)14-9(3)17-11-7-13(20-5)12(19-4)6-10(11)15(14)18-16/h6-8H,16H2,1-5H3,(H,17,18). The first-order valence-electron chi connectivity index (χ1n) is 6.56. The number of hydrogen-bond acceptors (Lipinski definition) is 5. The molecule has 0 aliphatic heterocycles. The molecule has 0 amide bonds. The van der Waals surface area contributed by atoms with Gasteiger partial charge in [0.15, 0.2) is 11.5 Å². The highest BCUT2D eigenvalue weighted by Crippen LogP contribution is 2.38. The van der Waals surface area contributed by atoms with E-state index < -0.39 is 0 Å². The van der Waals surface area contributed by atoms with Crippen molar-refractivity contribution in [3.05, 3.63) is 23.4 Å². The van der Waals surface area contributed by atoms with Crippen LogP contribution in [-0.2, 0) is 0 Å². The average Bonchev–Trinajstić information content (AvgIpc) is 2.43. The first kappa shape index (κ1) is 14.4. The molecule has 0 radical (unpaired) electrons. The van der Waals surface area contributed by atoms with Crippen LogP contribution >= 0.6 is 0 Å². The molecule has 108 valence electrons. The Morgan fingerprint density at radius 2 is 1.75 bits per heavy atom. The molecule has 1 aromatic heterocycles. The fourth-order valence-corrected chi connectivity index (χ4v) is 2.59. The molecule has 0 bridgehead atoms. The lowest BCUT2D eigenvalue weighted by Gasteiger charge is -2.18. The third kappa shape index (κ3) is 2.25. The maximum atomic E-state index is 5.74. The molecular formula is C15H21N3O2. The number of anilines is 1. The van der Waals surface area contributed by atoms with E-state index in [-0.39, 0.29) is 0 Å². The van der Waals surface area contributed by atoms with Gasteiger partial charge >= 0.3 is 0 Å². The quantitative estimate of drug-likeness (QED) is 0.663. The Balaban J connectivity index is 2.85. The van der Waals surface area contributed by atoms with Crippen molar-refractivity contribution in [1.29, 1.82) is 0 Å². The van der Waals surface area contributed by atoms with Gasteiger partial charge in [-0.15, -0.1) is 0 Å². The summed E-state index contributed by atoms with van der Waals surface area (Å²) in [6, 6.07) is 3.77. The van der Waals surface area contributed by atoms with Gasteiger partial charge in [-0.2, -0.15) is 0 Å². The van der Waals surface area contributed by atoms with Crippen molar-refractivity contribution < 1.29 is 9.47 Å². The molecule has 0 aliphatic carbocycles. The van der Waals surface area contributed by atoms with Crippen molar-refractivity contribution >= 4 is 16.6 Å². The number of ether oxygens (including phenoxy) is 2. The third-order valence-electron chi connectivity index (χ3n) is 3.44. The van der Waals surface area contributed by atoms with E-state index in [0.29, 0.717) is 17.4 Å². The Morgan fingerprint density at radius 3 is 2.25 bits per heavy atom. The predicted octanol–water partition coefficient (Wildman–Crippen LogP) is 2.97. The lowest BCUT2D eigenvalue weighted by atomic mass is 9.96.